The molecule has 2 unspecified atom stereocenters. The van der Waals surface area contributed by atoms with E-state index in [0.717, 1.165) is 23.8 Å². The summed E-state index contributed by atoms with van der Waals surface area (Å²) >= 11 is 0. The van der Waals surface area contributed by atoms with Gasteiger partial charge in [0.05, 0.1) is 19.1 Å². The predicted molar refractivity (Wildman–Crippen MR) is 99.0 cm³/mol. The van der Waals surface area contributed by atoms with Gasteiger partial charge < -0.3 is 9.30 Å². The second kappa shape index (κ2) is 6.27. The first-order valence-corrected chi connectivity index (χ1v) is 9.02. The summed E-state index contributed by atoms with van der Waals surface area (Å²) in [5.41, 5.74) is 4.28. The normalized spacial score (nSPS) is 21.0. The molecule has 1 aromatic heterocycles. The Morgan fingerprint density at radius 2 is 2.00 bits per heavy atom. The Kier molecular flexibility index (Phi) is 4.46. The van der Waals surface area contributed by atoms with Crippen molar-refractivity contribution in [2.45, 2.75) is 53.4 Å². The van der Waals surface area contributed by atoms with E-state index in [1.807, 2.05) is 23.3 Å². The van der Waals surface area contributed by atoms with Crippen LogP contribution in [0, 0.1) is 17.3 Å². The maximum atomic E-state index is 5.74. The van der Waals surface area contributed by atoms with Gasteiger partial charge in [0.2, 0.25) is 0 Å². The number of fused-ring (bicyclic) bond motifs is 1. The average Bonchev–Trinajstić information content (AvgIpc) is 3.05. The van der Waals surface area contributed by atoms with Crippen molar-refractivity contribution in [1.29, 1.82) is 0 Å². The van der Waals surface area contributed by atoms with Crippen LogP contribution in [-0.2, 0) is 6.42 Å². The minimum Gasteiger partial charge on any atom is -0.495 e. The van der Waals surface area contributed by atoms with E-state index in [1.165, 1.54) is 17.5 Å². The maximum Gasteiger partial charge on any atom is 0.143 e. The van der Waals surface area contributed by atoms with E-state index in [4.69, 9.17) is 4.74 Å². The van der Waals surface area contributed by atoms with Crippen molar-refractivity contribution < 1.29 is 4.74 Å². The summed E-state index contributed by atoms with van der Waals surface area (Å²) in [4.78, 5) is 4.18. The fourth-order valence-corrected chi connectivity index (χ4v) is 4.45. The molecule has 24 heavy (non-hydrogen) atoms. The van der Waals surface area contributed by atoms with Crippen molar-refractivity contribution in [3.05, 3.63) is 42.0 Å². The molecule has 0 N–H and O–H groups in total. The smallest absolute Gasteiger partial charge is 0.143 e. The van der Waals surface area contributed by atoms with Gasteiger partial charge in [0.25, 0.3) is 0 Å². The molecule has 0 radical (unpaired) electrons. The molecule has 130 valence electrons. The molecule has 0 fully saturated rings. The first-order chi connectivity index (χ1) is 11.3. The number of aryl methyl sites for hydroxylation is 1. The van der Waals surface area contributed by atoms with Gasteiger partial charge in [-0.2, -0.15) is 0 Å². The van der Waals surface area contributed by atoms with E-state index in [1.54, 1.807) is 7.11 Å². The number of rotatable bonds is 3. The maximum absolute atomic E-state index is 5.74. The van der Waals surface area contributed by atoms with Gasteiger partial charge in [-0.3, -0.25) is 0 Å². The lowest BCUT2D eigenvalue weighted by atomic mass is 9.61. The summed E-state index contributed by atoms with van der Waals surface area (Å²) in [6, 6.07) is 4.60. The predicted octanol–water partition coefficient (Wildman–Crippen LogP) is 5.23. The van der Waals surface area contributed by atoms with Crippen molar-refractivity contribution in [3.8, 4) is 11.4 Å². The van der Waals surface area contributed by atoms with Gasteiger partial charge in [-0.1, -0.05) is 34.6 Å². The zero-order valence-electron chi connectivity index (χ0n) is 15.8. The molecular weight excluding hydrogens is 296 g/mol. The topological polar surface area (TPSA) is 27.1 Å². The number of methoxy groups -OCH3 is 1. The lowest BCUT2D eigenvalue weighted by Gasteiger charge is -2.44. The fourth-order valence-electron chi connectivity index (χ4n) is 4.45. The highest BCUT2D eigenvalue weighted by atomic mass is 16.5. The van der Waals surface area contributed by atoms with E-state index in [2.05, 4.69) is 51.7 Å². The zero-order valence-corrected chi connectivity index (χ0v) is 15.8. The van der Waals surface area contributed by atoms with Gasteiger partial charge in [0.1, 0.15) is 5.75 Å². The first-order valence-electron chi connectivity index (χ1n) is 9.02. The van der Waals surface area contributed by atoms with Crippen molar-refractivity contribution in [2.75, 3.05) is 7.11 Å². The van der Waals surface area contributed by atoms with Crippen LogP contribution in [0.15, 0.2) is 30.9 Å². The van der Waals surface area contributed by atoms with Crippen LogP contribution in [0.5, 0.6) is 5.75 Å². The molecule has 1 aliphatic rings. The molecule has 2 aromatic rings. The lowest BCUT2D eigenvalue weighted by Crippen LogP contribution is -2.33. The van der Waals surface area contributed by atoms with E-state index < -0.39 is 0 Å². The highest BCUT2D eigenvalue weighted by Crippen LogP contribution is 2.51. The fraction of sp³-hybridized carbons (Fsp3) is 0.571. The van der Waals surface area contributed by atoms with Crippen molar-refractivity contribution in [1.82, 2.24) is 9.55 Å². The van der Waals surface area contributed by atoms with Crippen LogP contribution in [0.25, 0.3) is 5.69 Å². The Morgan fingerprint density at radius 1 is 1.25 bits per heavy atom. The van der Waals surface area contributed by atoms with Crippen molar-refractivity contribution in [2.24, 2.45) is 17.3 Å². The summed E-state index contributed by atoms with van der Waals surface area (Å²) in [6.45, 7) is 11.9. The largest absolute Gasteiger partial charge is 0.495 e. The molecule has 0 spiro atoms. The van der Waals surface area contributed by atoms with E-state index in [0.29, 0.717) is 11.8 Å². The van der Waals surface area contributed by atoms with Crippen LogP contribution in [0.3, 0.4) is 0 Å². The van der Waals surface area contributed by atoms with E-state index in [-0.39, 0.29) is 5.41 Å². The minimum atomic E-state index is 0.242. The standard InChI is InChI=1S/C21H30N2O/c1-14(2)16-8-7-15-11-18(23-10-9-22-13-23)19(24-6)12-17(15)20(16)21(3,4)5/h9-14,16,20H,7-8H2,1-6H3. The number of benzene rings is 1. The first kappa shape index (κ1) is 17.1. The molecule has 0 saturated carbocycles. The Bertz CT molecular complexity index is 695. The molecule has 3 nitrogen and oxygen atoms in total. The Morgan fingerprint density at radius 3 is 2.54 bits per heavy atom. The van der Waals surface area contributed by atoms with E-state index in [9.17, 15) is 0 Å². The average molecular weight is 326 g/mol. The summed E-state index contributed by atoms with van der Waals surface area (Å²) in [7, 11) is 1.76. The number of ether oxygens (including phenoxy) is 1. The molecule has 1 heterocycles. The molecule has 0 aliphatic heterocycles. The molecule has 3 rings (SSSR count). The van der Waals surface area contributed by atoms with Crippen LogP contribution in [0.2, 0.25) is 0 Å². The molecule has 0 bridgehead atoms. The number of nitrogens with zero attached hydrogens (tertiary/aromatic N) is 2. The highest BCUT2D eigenvalue weighted by Gasteiger charge is 2.39. The van der Waals surface area contributed by atoms with E-state index >= 15 is 0 Å². The molecule has 1 aromatic carbocycles. The van der Waals surface area contributed by atoms with Gasteiger partial charge in [0.15, 0.2) is 0 Å². The third-order valence-electron chi connectivity index (χ3n) is 5.52. The van der Waals surface area contributed by atoms with Crippen molar-refractivity contribution >= 4 is 0 Å². The molecule has 0 saturated heterocycles. The Balaban J connectivity index is 2.15. The number of hydrogen-bond donors (Lipinski definition) is 0. The molecular formula is C21H30N2O. The van der Waals surface area contributed by atoms with Crippen LogP contribution >= 0.6 is 0 Å². The van der Waals surface area contributed by atoms with Gasteiger partial charge in [0, 0.05) is 12.4 Å². The number of imidazole rings is 1. The van der Waals surface area contributed by atoms with Gasteiger partial charge in [-0.25, -0.2) is 4.98 Å². The molecule has 2 atom stereocenters. The second-order valence-electron chi connectivity index (χ2n) is 8.48. The van der Waals surface area contributed by atoms with Crippen LogP contribution in [-0.4, -0.2) is 16.7 Å². The van der Waals surface area contributed by atoms with Crippen molar-refractivity contribution in [3.63, 3.8) is 0 Å². The van der Waals surface area contributed by atoms with Gasteiger partial charge in [-0.15, -0.1) is 0 Å². The van der Waals surface area contributed by atoms with Gasteiger partial charge in [-0.05, 0) is 59.3 Å². The summed E-state index contributed by atoms with van der Waals surface area (Å²) in [6.07, 6.45) is 8.04. The third kappa shape index (κ3) is 2.97. The summed E-state index contributed by atoms with van der Waals surface area (Å²) in [5.74, 6) is 2.92. The van der Waals surface area contributed by atoms with Crippen LogP contribution < -0.4 is 4.74 Å². The Hall–Kier alpha value is -1.77. The molecule has 1 aliphatic carbocycles. The third-order valence-corrected chi connectivity index (χ3v) is 5.52. The molecule has 0 amide bonds. The zero-order chi connectivity index (χ0) is 17.5. The van der Waals surface area contributed by atoms with Gasteiger partial charge >= 0.3 is 0 Å². The number of aromatic nitrogens is 2. The lowest BCUT2D eigenvalue weighted by molar-refractivity contribution is 0.169. The summed E-state index contributed by atoms with van der Waals surface area (Å²) < 4.78 is 7.78. The quantitative estimate of drug-likeness (QED) is 0.772. The Labute approximate surface area is 146 Å². The van der Waals surface area contributed by atoms with Crippen LogP contribution in [0.4, 0.5) is 0 Å². The highest BCUT2D eigenvalue weighted by molar-refractivity contribution is 5.54. The monoisotopic (exact) mass is 326 g/mol. The molecule has 3 heteroatoms. The SMILES string of the molecule is COc1cc2c(cc1-n1ccnc1)CCC(C(C)C)C2C(C)(C)C. The minimum absolute atomic E-state index is 0.242. The summed E-state index contributed by atoms with van der Waals surface area (Å²) in [5, 5.41) is 0. The van der Waals surface area contributed by atoms with Crippen LogP contribution in [0.1, 0.15) is 58.1 Å². The second-order valence-corrected chi connectivity index (χ2v) is 8.48. The number of hydrogen-bond acceptors (Lipinski definition) is 2.